The summed E-state index contributed by atoms with van der Waals surface area (Å²) >= 11 is 0. The summed E-state index contributed by atoms with van der Waals surface area (Å²) in [5, 5.41) is 13.9. The number of ether oxygens (including phenoxy) is 1. The Bertz CT molecular complexity index is 1580. The highest BCUT2D eigenvalue weighted by Gasteiger charge is 2.26. The Kier molecular flexibility index (Phi) is 9.67. The molecule has 2 N–H and O–H groups in total. The second-order valence-corrected chi connectivity index (χ2v) is 11.0. The number of hydrogen-bond acceptors (Lipinski definition) is 8. The van der Waals surface area contributed by atoms with Crippen LogP contribution in [0.2, 0.25) is 0 Å². The van der Waals surface area contributed by atoms with Gasteiger partial charge in [0.15, 0.2) is 5.76 Å². The molecule has 0 unspecified atom stereocenters. The molecule has 0 saturated heterocycles. The van der Waals surface area contributed by atoms with E-state index in [0.29, 0.717) is 43.9 Å². The summed E-state index contributed by atoms with van der Waals surface area (Å²) in [5.74, 6) is -0.957. The van der Waals surface area contributed by atoms with Gasteiger partial charge < -0.3 is 29.3 Å². The average molecular weight is 607 g/mol. The van der Waals surface area contributed by atoms with Crippen LogP contribution in [0.25, 0.3) is 0 Å². The van der Waals surface area contributed by atoms with Crippen molar-refractivity contribution < 1.29 is 27.9 Å². The number of imidazole rings is 1. The third kappa shape index (κ3) is 7.88. The summed E-state index contributed by atoms with van der Waals surface area (Å²) in [5.41, 5.74) is 0.640. The van der Waals surface area contributed by atoms with Crippen LogP contribution in [0.4, 0.5) is 4.39 Å². The van der Waals surface area contributed by atoms with Crippen LogP contribution in [0.3, 0.4) is 0 Å². The lowest BCUT2D eigenvalue weighted by Crippen LogP contribution is -2.49. The lowest BCUT2D eigenvalue weighted by molar-refractivity contribution is -0.123. The van der Waals surface area contributed by atoms with Crippen LogP contribution in [0.5, 0.6) is 5.75 Å². The van der Waals surface area contributed by atoms with E-state index in [1.54, 1.807) is 46.6 Å². The molecule has 0 saturated carbocycles. The van der Waals surface area contributed by atoms with E-state index in [9.17, 15) is 18.8 Å². The molecule has 1 aliphatic rings. The van der Waals surface area contributed by atoms with Gasteiger partial charge in [-0.3, -0.25) is 14.4 Å². The van der Waals surface area contributed by atoms with Gasteiger partial charge in [-0.15, -0.1) is 5.10 Å². The van der Waals surface area contributed by atoms with E-state index in [-0.39, 0.29) is 48.6 Å². The molecular formula is C30H35FN8O5. The van der Waals surface area contributed by atoms with E-state index in [1.807, 2.05) is 18.4 Å². The zero-order chi connectivity index (χ0) is 31.1. The van der Waals surface area contributed by atoms with Crippen LogP contribution < -0.4 is 15.4 Å². The van der Waals surface area contributed by atoms with Crippen LogP contribution in [0.1, 0.15) is 52.6 Å². The second kappa shape index (κ2) is 14.0. The Labute approximate surface area is 253 Å². The zero-order valence-electron chi connectivity index (χ0n) is 24.6. The van der Waals surface area contributed by atoms with Crippen molar-refractivity contribution in [1.82, 2.24) is 40.1 Å². The molecule has 232 valence electrons. The highest BCUT2D eigenvalue weighted by Crippen LogP contribution is 2.21. The number of halogens is 1. The molecule has 13 nitrogen and oxygen atoms in total. The topological polar surface area (TPSA) is 149 Å². The van der Waals surface area contributed by atoms with Crippen molar-refractivity contribution in [2.75, 3.05) is 26.2 Å². The van der Waals surface area contributed by atoms with Gasteiger partial charge in [-0.1, -0.05) is 19.1 Å². The molecule has 0 aliphatic carbocycles. The van der Waals surface area contributed by atoms with Crippen LogP contribution in [-0.4, -0.2) is 79.4 Å². The van der Waals surface area contributed by atoms with E-state index in [4.69, 9.17) is 9.15 Å². The van der Waals surface area contributed by atoms with Crippen molar-refractivity contribution in [1.29, 1.82) is 0 Å². The Morgan fingerprint density at radius 2 is 2.02 bits per heavy atom. The van der Waals surface area contributed by atoms with Crippen molar-refractivity contribution in [3.8, 4) is 5.75 Å². The SMILES string of the molecule is CC(C)C[C@H]1NC(=O)c2cc(F)ccc2OCCn2cc(nn2)CCN(C(=O)c2ccc(Cn3ccnc3)o2)CCNC1=O. The van der Waals surface area contributed by atoms with Crippen molar-refractivity contribution >= 4 is 17.7 Å². The Morgan fingerprint density at radius 1 is 1.16 bits per heavy atom. The molecule has 0 fully saturated rings. The van der Waals surface area contributed by atoms with Gasteiger partial charge in [0.1, 0.15) is 30.0 Å². The second-order valence-electron chi connectivity index (χ2n) is 11.0. The number of rotatable bonds is 5. The first-order valence-electron chi connectivity index (χ1n) is 14.5. The smallest absolute Gasteiger partial charge is 0.289 e. The maximum Gasteiger partial charge on any atom is 0.289 e. The fraction of sp³-hybridized carbons (Fsp3) is 0.400. The molecule has 3 aromatic heterocycles. The number of amides is 3. The summed E-state index contributed by atoms with van der Waals surface area (Å²) in [6, 6.07) is 6.16. The zero-order valence-corrected chi connectivity index (χ0v) is 24.6. The first kappa shape index (κ1) is 30.4. The standard InChI is InChI=1S/C30H35FN8O5/c1-20(2)15-25-29(41)33-9-12-38(30(42)27-6-4-23(44-27)18-37-11-8-32-19-37)10-7-22-17-39(36-35-22)13-14-43-26-5-3-21(31)16-24(26)28(40)34-25/h3-6,8,11,16-17,19-20,25H,7,9-10,12-15,18H2,1-2H3,(H,33,41)(H,34,40)/t25-/m1/s1. The van der Waals surface area contributed by atoms with Gasteiger partial charge in [-0.25, -0.2) is 14.1 Å². The fourth-order valence-electron chi connectivity index (χ4n) is 4.85. The van der Waals surface area contributed by atoms with Crippen molar-refractivity contribution in [3.05, 3.63) is 83.8 Å². The molecule has 0 radical (unpaired) electrons. The van der Waals surface area contributed by atoms with E-state index < -0.39 is 23.7 Å². The van der Waals surface area contributed by atoms with Gasteiger partial charge in [0, 0.05) is 44.6 Å². The normalized spacial score (nSPS) is 16.8. The summed E-state index contributed by atoms with van der Waals surface area (Å²) < 4.78 is 29.2. The Hall–Kier alpha value is -5.01. The van der Waals surface area contributed by atoms with E-state index >= 15 is 0 Å². The first-order valence-corrected chi connectivity index (χ1v) is 14.5. The molecule has 44 heavy (non-hydrogen) atoms. The molecule has 5 rings (SSSR count). The molecule has 1 aromatic carbocycles. The number of carbonyl (C=O) groups excluding carboxylic acids is 3. The maximum absolute atomic E-state index is 14.1. The third-order valence-corrected chi connectivity index (χ3v) is 7.06. The van der Waals surface area contributed by atoms with Crippen molar-refractivity contribution in [2.45, 2.75) is 45.8 Å². The Morgan fingerprint density at radius 3 is 2.82 bits per heavy atom. The number of furan rings is 1. The van der Waals surface area contributed by atoms with Crippen molar-refractivity contribution in [3.63, 3.8) is 0 Å². The number of aromatic nitrogens is 5. The van der Waals surface area contributed by atoms with Crippen LogP contribution in [0.15, 0.2) is 59.7 Å². The first-order chi connectivity index (χ1) is 21.2. The number of nitrogens with zero attached hydrogens (tertiary/aromatic N) is 6. The third-order valence-electron chi connectivity index (χ3n) is 7.06. The molecule has 14 heteroatoms. The van der Waals surface area contributed by atoms with Gasteiger partial charge >= 0.3 is 0 Å². The van der Waals surface area contributed by atoms with Crippen LogP contribution in [0, 0.1) is 11.7 Å². The fourth-order valence-corrected chi connectivity index (χ4v) is 4.85. The summed E-state index contributed by atoms with van der Waals surface area (Å²) in [7, 11) is 0. The predicted molar refractivity (Wildman–Crippen MR) is 155 cm³/mol. The van der Waals surface area contributed by atoms with Gasteiger partial charge in [0.25, 0.3) is 11.8 Å². The molecule has 3 amide bonds. The highest BCUT2D eigenvalue weighted by molar-refractivity contribution is 5.99. The summed E-state index contributed by atoms with van der Waals surface area (Å²) in [6.07, 6.45) is 7.64. The van der Waals surface area contributed by atoms with Gasteiger partial charge in [0.05, 0.1) is 30.7 Å². The minimum absolute atomic E-state index is 0.0189. The Balaban J connectivity index is 1.36. The maximum atomic E-state index is 14.1. The van der Waals surface area contributed by atoms with Gasteiger partial charge in [0.2, 0.25) is 5.91 Å². The minimum atomic E-state index is -0.887. The number of hydrogen-bond donors (Lipinski definition) is 2. The summed E-state index contributed by atoms with van der Waals surface area (Å²) in [6.45, 7) is 5.34. The molecule has 2 bridgehead atoms. The van der Waals surface area contributed by atoms with E-state index in [2.05, 4.69) is 25.9 Å². The molecule has 1 atom stereocenters. The van der Waals surface area contributed by atoms with E-state index in [0.717, 1.165) is 6.07 Å². The lowest BCUT2D eigenvalue weighted by Gasteiger charge is -2.24. The largest absolute Gasteiger partial charge is 0.491 e. The van der Waals surface area contributed by atoms with Gasteiger partial charge in [-0.2, -0.15) is 0 Å². The number of carbonyl (C=O) groups is 3. The highest BCUT2D eigenvalue weighted by atomic mass is 19.1. The quantitative estimate of drug-likeness (QED) is 0.352. The number of fused-ring (bicyclic) bond motifs is 3. The average Bonchev–Trinajstić information content (AvgIpc) is 3.77. The van der Waals surface area contributed by atoms with Gasteiger partial charge in [-0.05, 0) is 42.7 Å². The molecule has 4 heterocycles. The number of nitrogens with one attached hydrogen (secondary N) is 2. The molecule has 1 aliphatic heterocycles. The number of benzene rings is 1. The summed E-state index contributed by atoms with van der Waals surface area (Å²) in [4.78, 5) is 45.7. The molecular weight excluding hydrogens is 571 g/mol. The monoisotopic (exact) mass is 606 g/mol. The molecule has 0 spiro atoms. The van der Waals surface area contributed by atoms with E-state index in [1.165, 1.54) is 12.1 Å². The van der Waals surface area contributed by atoms with Crippen molar-refractivity contribution in [2.24, 2.45) is 5.92 Å². The van der Waals surface area contributed by atoms with Crippen LogP contribution in [-0.2, 0) is 24.3 Å². The predicted octanol–water partition coefficient (Wildman–Crippen LogP) is 2.29. The molecule has 4 aromatic rings. The lowest BCUT2D eigenvalue weighted by atomic mass is 10.0. The minimum Gasteiger partial charge on any atom is -0.491 e. The van der Waals surface area contributed by atoms with Crippen LogP contribution >= 0.6 is 0 Å².